The minimum Gasteiger partial charge on any atom is -0.379 e. The van der Waals surface area contributed by atoms with Crippen LogP contribution in [0, 0.1) is 0 Å². The number of ketones is 2. The van der Waals surface area contributed by atoms with E-state index in [1.807, 2.05) is 12.1 Å². The molecule has 0 spiro atoms. The van der Waals surface area contributed by atoms with Crippen LogP contribution >= 0.6 is 11.3 Å². The summed E-state index contributed by atoms with van der Waals surface area (Å²) in [5.74, 6) is -0.0727. The van der Waals surface area contributed by atoms with Gasteiger partial charge in [0.15, 0.2) is 11.6 Å². The fourth-order valence-corrected chi connectivity index (χ4v) is 4.00. The first-order valence-electron chi connectivity index (χ1n) is 9.84. The zero-order valence-electron chi connectivity index (χ0n) is 16.6. The number of Topliss-reactive ketones (excluding diaryl/α,β-unsaturated/α-hetero) is 2. The molecule has 3 rings (SSSR count). The summed E-state index contributed by atoms with van der Waals surface area (Å²) in [5.41, 5.74) is 1.62. The van der Waals surface area contributed by atoms with Crippen molar-refractivity contribution < 1.29 is 19.1 Å². The molecule has 0 atom stereocenters. The van der Waals surface area contributed by atoms with Crippen LogP contribution in [0.3, 0.4) is 0 Å². The van der Waals surface area contributed by atoms with Crippen molar-refractivity contribution in [3.63, 3.8) is 0 Å². The molecule has 1 aromatic heterocycles. The van der Waals surface area contributed by atoms with E-state index in [0.29, 0.717) is 34.7 Å². The fraction of sp³-hybridized carbons (Fsp3) is 0.409. The molecular formula is C22H26N2O4S. The lowest BCUT2D eigenvalue weighted by molar-refractivity contribution is 0.0383. The quantitative estimate of drug-likeness (QED) is 0.639. The van der Waals surface area contributed by atoms with E-state index in [-0.39, 0.29) is 17.5 Å². The van der Waals surface area contributed by atoms with Crippen molar-refractivity contribution in [2.75, 3.05) is 39.4 Å². The molecule has 6 nitrogen and oxygen atoms in total. The topological polar surface area (TPSA) is 75.7 Å². The number of thiophene rings is 1. The van der Waals surface area contributed by atoms with Crippen LogP contribution in [-0.2, 0) is 11.2 Å². The Morgan fingerprint density at radius 2 is 1.72 bits per heavy atom. The fourth-order valence-electron chi connectivity index (χ4n) is 3.14. The zero-order chi connectivity index (χ0) is 20.6. The maximum Gasteiger partial charge on any atom is 0.251 e. The summed E-state index contributed by atoms with van der Waals surface area (Å²) in [6, 6.07) is 10.8. The van der Waals surface area contributed by atoms with Crippen LogP contribution in [0.2, 0.25) is 0 Å². The van der Waals surface area contributed by atoms with Crippen LogP contribution in [0.5, 0.6) is 0 Å². The van der Waals surface area contributed by atoms with E-state index in [4.69, 9.17) is 4.74 Å². The molecular weight excluding hydrogens is 388 g/mol. The van der Waals surface area contributed by atoms with Gasteiger partial charge in [-0.25, -0.2) is 0 Å². The summed E-state index contributed by atoms with van der Waals surface area (Å²) in [6.45, 7) is 6.25. The molecule has 1 aliphatic heterocycles. The summed E-state index contributed by atoms with van der Waals surface area (Å²) in [6.07, 6.45) is 0.980. The molecule has 0 unspecified atom stereocenters. The van der Waals surface area contributed by atoms with Crippen molar-refractivity contribution in [3.05, 3.63) is 57.3 Å². The number of aryl methyl sites for hydroxylation is 1. The van der Waals surface area contributed by atoms with Gasteiger partial charge in [0.25, 0.3) is 5.91 Å². The number of amides is 1. The van der Waals surface area contributed by atoms with Crippen LogP contribution in [0.4, 0.5) is 0 Å². The molecule has 1 aliphatic rings. The predicted molar refractivity (Wildman–Crippen MR) is 113 cm³/mol. The van der Waals surface area contributed by atoms with Gasteiger partial charge in [-0.05, 0) is 43.2 Å². The highest BCUT2D eigenvalue weighted by Gasteiger charge is 2.13. The van der Waals surface area contributed by atoms with Gasteiger partial charge in [-0.2, -0.15) is 0 Å². The van der Waals surface area contributed by atoms with Crippen molar-refractivity contribution in [2.24, 2.45) is 0 Å². The van der Waals surface area contributed by atoms with Crippen LogP contribution in [0.1, 0.15) is 48.6 Å². The molecule has 2 heterocycles. The Morgan fingerprint density at radius 1 is 1.03 bits per heavy atom. The Balaban J connectivity index is 1.43. The zero-order valence-corrected chi connectivity index (χ0v) is 17.4. The summed E-state index contributed by atoms with van der Waals surface area (Å²) in [4.78, 5) is 39.4. The van der Waals surface area contributed by atoms with Crippen LogP contribution in [0.15, 0.2) is 36.4 Å². The maximum atomic E-state index is 12.3. The molecule has 1 N–H and O–H groups in total. The number of carbonyl (C=O) groups excluding carboxylic acids is 3. The smallest absolute Gasteiger partial charge is 0.251 e. The van der Waals surface area contributed by atoms with Gasteiger partial charge >= 0.3 is 0 Å². The van der Waals surface area contributed by atoms with Gasteiger partial charge in [0.05, 0.1) is 23.0 Å². The van der Waals surface area contributed by atoms with E-state index in [1.54, 1.807) is 24.3 Å². The Bertz CT molecular complexity index is 854. The number of hydrogen-bond acceptors (Lipinski definition) is 6. The molecule has 1 aromatic carbocycles. The summed E-state index contributed by atoms with van der Waals surface area (Å²) in [5, 5.41) is 2.95. The number of benzene rings is 1. The molecule has 0 radical (unpaired) electrons. The largest absolute Gasteiger partial charge is 0.379 e. The lowest BCUT2D eigenvalue weighted by Crippen LogP contribution is -2.41. The van der Waals surface area contributed by atoms with Gasteiger partial charge in [0.2, 0.25) is 0 Å². The highest BCUT2D eigenvalue weighted by molar-refractivity contribution is 7.16. The van der Waals surface area contributed by atoms with E-state index in [0.717, 1.165) is 38.4 Å². The van der Waals surface area contributed by atoms with Gasteiger partial charge in [0.1, 0.15) is 0 Å². The van der Waals surface area contributed by atoms with Gasteiger partial charge in [-0.1, -0.05) is 12.1 Å². The molecule has 29 heavy (non-hydrogen) atoms. The normalized spacial score (nSPS) is 14.5. The van der Waals surface area contributed by atoms with Crippen molar-refractivity contribution in [1.82, 2.24) is 10.2 Å². The average Bonchev–Trinajstić information content (AvgIpc) is 3.24. The lowest BCUT2D eigenvalue weighted by atomic mass is 10.0. The molecule has 0 saturated carbocycles. The van der Waals surface area contributed by atoms with Gasteiger partial charge in [-0.15, -0.1) is 11.3 Å². The maximum absolute atomic E-state index is 12.3. The van der Waals surface area contributed by atoms with Crippen molar-refractivity contribution >= 4 is 28.8 Å². The first-order chi connectivity index (χ1) is 14.0. The number of hydrogen-bond donors (Lipinski definition) is 1. The number of nitrogens with zero attached hydrogens (tertiary/aromatic N) is 1. The highest BCUT2D eigenvalue weighted by Crippen LogP contribution is 2.19. The van der Waals surface area contributed by atoms with Crippen molar-refractivity contribution in [1.29, 1.82) is 0 Å². The second-order valence-corrected chi connectivity index (χ2v) is 8.13. The average molecular weight is 415 g/mol. The standard InChI is InChI=1S/C22H26N2O4S/c1-16(25)20-8-9-21(29-20)19(26)7-4-17-2-5-18(6-3-17)22(27)23-10-11-24-12-14-28-15-13-24/h2-3,5-6,8-9H,4,7,10-15H2,1H3,(H,23,27). The molecule has 1 amide bonds. The van der Waals surface area contributed by atoms with E-state index in [9.17, 15) is 14.4 Å². The second kappa shape index (κ2) is 10.4. The Hall–Kier alpha value is -2.35. The Morgan fingerprint density at radius 3 is 2.38 bits per heavy atom. The Labute approximate surface area is 174 Å². The van der Waals surface area contributed by atoms with E-state index in [1.165, 1.54) is 18.3 Å². The van der Waals surface area contributed by atoms with Crippen molar-refractivity contribution in [3.8, 4) is 0 Å². The number of nitrogens with one attached hydrogen (secondary N) is 1. The minimum atomic E-state index is -0.0868. The van der Waals surface area contributed by atoms with Gasteiger partial charge in [0, 0.05) is 38.2 Å². The molecule has 1 saturated heterocycles. The Kier molecular flexibility index (Phi) is 7.69. The molecule has 7 heteroatoms. The number of carbonyl (C=O) groups is 3. The SMILES string of the molecule is CC(=O)c1ccc(C(=O)CCc2ccc(C(=O)NCCN3CCOCC3)cc2)s1. The molecule has 0 bridgehead atoms. The summed E-state index contributed by atoms with van der Waals surface area (Å²) >= 11 is 1.25. The summed E-state index contributed by atoms with van der Waals surface area (Å²) in [7, 11) is 0. The molecule has 154 valence electrons. The third kappa shape index (κ3) is 6.32. The highest BCUT2D eigenvalue weighted by atomic mass is 32.1. The lowest BCUT2D eigenvalue weighted by Gasteiger charge is -2.26. The van der Waals surface area contributed by atoms with Crippen LogP contribution in [0.25, 0.3) is 0 Å². The first-order valence-corrected chi connectivity index (χ1v) is 10.7. The van der Waals surface area contributed by atoms with Crippen molar-refractivity contribution in [2.45, 2.75) is 19.8 Å². The minimum absolute atomic E-state index is 0.0205. The third-order valence-corrected chi connectivity index (χ3v) is 6.13. The van der Waals surface area contributed by atoms with E-state index >= 15 is 0 Å². The number of rotatable bonds is 9. The number of morpholine rings is 1. The molecule has 2 aromatic rings. The molecule has 1 fully saturated rings. The van der Waals surface area contributed by atoms with Crippen LogP contribution < -0.4 is 5.32 Å². The predicted octanol–water partition coefficient (Wildman–Crippen LogP) is 2.83. The molecule has 0 aliphatic carbocycles. The van der Waals surface area contributed by atoms with E-state index < -0.39 is 0 Å². The monoisotopic (exact) mass is 414 g/mol. The van der Waals surface area contributed by atoms with Gasteiger partial charge < -0.3 is 10.1 Å². The van der Waals surface area contributed by atoms with Crippen LogP contribution in [-0.4, -0.2) is 61.8 Å². The second-order valence-electron chi connectivity index (χ2n) is 7.05. The number of ether oxygens (including phenoxy) is 1. The third-order valence-electron chi connectivity index (χ3n) is 4.90. The summed E-state index contributed by atoms with van der Waals surface area (Å²) < 4.78 is 5.31. The van der Waals surface area contributed by atoms with Gasteiger partial charge in [-0.3, -0.25) is 19.3 Å². The first kappa shape index (κ1) is 21.4. The van der Waals surface area contributed by atoms with E-state index in [2.05, 4.69) is 10.2 Å².